The Labute approximate surface area is 148 Å². The molecule has 0 radical (unpaired) electrons. The molecule has 0 bridgehead atoms. The fourth-order valence-corrected chi connectivity index (χ4v) is 3.16. The molecule has 0 aromatic heterocycles. The van der Waals surface area contributed by atoms with E-state index >= 15 is 0 Å². The topological polar surface area (TPSA) is 0 Å². The standard InChI is InChI=1S/C23H33F/c1-5-10-21(11-6-2)22(12-7-3)18-19(8-4)17-20-13-9-14-23(24)16-15-20/h9,12-13,15-16,18,21H,5-8,10-11,17H2,1-4H3/b19-18+,22-12+. The van der Waals surface area contributed by atoms with E-state index in [-0.39, 0.29) is 5.83 Å². The van der Waals surface area contributed by atoms with Crippen molar-refractivity contribution in [1.29, 1.82) is 0 Å². The first-order chi connectivity index (χ1) is 11.6. The van der Waals surface area contributed by atoms with E-state index in [4.69, 9.17) is 0 Å². The predicted molar refractivity (Wildman–Crippen MR) is 105 cm³/mol. The molecule has 0 unspecified atom stereocenters. The molecule has 0 amide bonds. The predicted octanol–water partition coefficient (Wildman–Crippen LogP) is 7.77. The van der Waals surface area contributed by atoms with E-state index in [0.717, 1.165) is 24.8 Å². The molecule has 0 spiro atoms. The second-order valence-electron chi connectivity index (χ2n) is 6.45. The van der Waals surface area contributed by atoms with Gasteiger partial charge < -0.3 is 0 Å². The summed E-state index contributed by atoms with van der Waals surface area (Å²) in [6, 6.07) is 0. The van der Waals surface area contributed by atoms with Crippen molar-refractivity contribution in [1.82, 2.24) is 0 Å². The highest BCUT2D eigenvalue weighted by Gasteiger charge is 2.12. The van der Waals surface area contributed by atoms with Crippen LogP contribution in [0.2, 0.25) is 0 Å². The van der Waals surface area contributed by atoms with Gasteiger partial charge in [-0.2, -0.15) is 4.39 Å². The summed E-state index contributed by atoms with van der Waals surface area (Å²) in [5, 5.41) is 0. The van der Waals surface area contributed by atoms with Gasteiger partial charge in [-0.05, 0) is 61.3 Å². The monoisotopic (exact) mass is 328 g/mol. The Balaban J connectivity index is 2.97. The lowest BCUT2D eigenvalue weighted by Crippen LogP contribution is -2.03. The Bertz CT molecular complexity index is 557. The molecular weight excluding hydrogens is 295 g/mol. The molecule has 1 rings (SSSR count). The first kappa shape index (κ1) is 20.5. The Morgan fingerprint density at radius 3 is 2.42 bits per heavy atom. The largest absolute Gasteiger partial charge is 0.198 e. The molecule has 0 aromatic rings. The molecule has 1 aliphatic rings. The molecule has 0 fully saturated rings. The average molecular weight is 329 g/mol. The maximum Gasteiger partial charge on any atom is 0.165 e. The fourth-order valence-electron chi connectivity index (χ4n) is 3.16. The van der Waals surface area contributed by atoms with Crippen LogP contribution in [-0.4, -0.2) is 0 Å². The van der Waals surface area contributed by atoms with Gasteiger partial charge in [-0.1, -0.05) is 76.1 Å². The van der Waals surface area contributed by atoms with E-state index in [1.54, 1.807) is 6.08 Å². The second-order valence-corrected chi connectivity index (χ2v) is 6.45. The van der Waals surface area contributed by atoms with Gasteiger partial charge in [-0.15, -0.1) is 0 Å². The van der Waals surface area contributed by atoms with Crippen LogP contribution in [0.4, 0.5) is 4.39 Å². The van der Waals surface area contributed by atoms with E-state index in [9.17, 15) is 4.39 Å². The fraction of sp³-hybridized carbons (Fsp3) is 0.522. The first-order valence-electron chi connectivity index (χ1n) is 9.53. The van der Waals surface area contributed by atoms with Gasteiger partial charge in [-0.25, -0.2) is 0 Å². The quantitative estimate of drug-likeness (QED) is 0.284. The summed E-state index contributed by atoms with van der Waals surface area (Å²) in [7, 11) is 0. The highest BCUT2D eigenvalue weighted by atomic mass is 19.1. The maximum absolute atomic E-state index is 13.3. The van der Waals surface area contributed by atoms with E-state index < -0.39 is 0 Å². The summed E-state index contributed by atoms with van der Waals surface area (Å²) < 4.78 is 13.3. The van der Waals surface area contributed by atoms with Crippen LogP contribution in [-0.2, 0) is 0 Å². The van der Waals surface area contributed by atoms with Crippen molar-refractivity contribution in [3.8, 4) is 0 Å². The van der Waals surface area contributed by atoms with Crippen LogP contribution in [0.5, 0.6) is 0 Å². The van der Waals surface area contributed by atoms with Crippen molar-refractivity contribution in [2.75, 3.05) is 0 Å². The Kier molecular flexibility index (Phi) is 10.1. The molecule has 1 aliphatic carbocycles. The molecule has 24 heavy (non-hydrogen) atoms. The summed E-state index contributed by atoms with van der Waals surface area (Å²) in [6.07, 6.45) is 19.8. The summed E-state index contributed by atoms with van der Waals surface area (Å²) in [5.74, 6) is 0.361. The van der Waals surface area contributed by atoms with Crippen LogP contribution in [0.1, 0.15) is 72.6 Å². The normalized spacial score (nSPS) is 15.6. The highest BCUT2D eigenvalue weighted by Crippen LogP contribution is 2.28. The lowest BCUT2D eigenvalue weighted by Gasteiger charge is -2.19. The van der Waals surface area contributed by atoms with E-state index in [1.165, 1.54) is 42.9 Å². The van der Waals surface area contributed by atoms with Crippen molar-refractivity contribution < 1.29 is 4.39 Å². The summed E-state index contributed by atoms with van der Waals surface area (Å²) in [6.45, 7) is 8.96. The van der Waals surface area contributed by atoms with Gasteiger partial charge in [0.2, 0.25) is 0 Å². The van der Waals surface area contributed by atoms with Crippen LogP contribution in [0.15, 0.2) is 64.7 Å². The Hall–Kier alpha value is -1.59. The van der Waals surface area contributed by atoms with Crippen LogP contribution in [0.25, 0.3) is 0 Å². The van der Waals surface area contributed by atoms with Gasteiger partial charge in [-0.3, -0.25) is 0 Å². The minimum atomic E-state index is -0.305. The molecule has 0 nitrogen and oxygen atoms in total. The van der Waals surface area contributed by atoms with Gasteiger partial charge in [0.15, 0.2) is 5.83 Å². The maximum atomic E-state index is 13.3. The number of rotatable bonds is 10. The van der Waals surface area contributed by atoms with Crippen molar-refractivity contribution >= 4 is 0 Å². The highest BCUT2D eigenvalue weighted by molar-refractivity contribution is 5.36. The van der Waals surface area contributed by atoms with Gasteiger partial charge in [0.05, 0.1) is 0 Å². The molecule has 0 saturated heterocycles. The molecule has 0 aliphatic heterocycles. The third-order valence-corrected chi connectivity index (χ3v) is 4.40. The smallest absolute Gasteiger partial charge is 0.165 e. The van der Waals surface area contributed by atoms with Gasteiger partial charge in [0.25, 0.3) is 0 Å². The molecule has 1 heteroatoms. The zero-order chi connectivity index (χ0) is 17.8. The average Bonchev–Trinajstić information content (AvgIpc) is 2.78. The molecule has 0 aromatic carbocycles. The van der Waals surface area contributed by atoms with Gasteiger partial charge >= 0.3 is 0 Å². The number of halogens is 1. The lowest BCUT2D eigenvalue weighted by atomic mass is 9.87. The van der Waals surface area contributed by atoms with Crippen LogP contribution in [0.3, 0.4) is 0 Å². The van der Waals surface area contributed by atoms with Crippen molar-refractivity contribution in [3.63, 3.8) is 0 Å². The van der Waals surface area contributed by atoms with Gasteiger partial charge in [0, 0.05) is 0 Å². The van der Waals surface area contributed by atoms with Crippen molar-refractivity contribution in [2.24, 2.45) is 5.92 Å². The second kappa shape index (κ2) is 11.9. The lowest BCUT2D eigenvalue weighted by molar-refractivity contribution is 0.510. The zero-order valence-electron chi connectivity index (χ0n) is 15.9. The molecule has 0 heterocycles. The SMILES string of the molecule is CC/C=C(\C=C(/CC)CC1=CC=C=C(F)C=C1)C(CCC)CCC. The van der Waals surface area contributed by atoms with E-state index in [0.29, 0.717) is 5.92 Å². The minimum absolute atomic E-state index is 0.305. The van der Waals surface area contributed by atoms with E-state index in [1.807, 2.05) is 12.2 Å². The van der Waals surface area contributed by atoms with Crippen molar-refractivity contribution in [3.05, 3.63) is 64.7 Å². The molecule has 0 N–H and O–H groups in total. The van der Waals surface area contributed by atoms with Crippen molar-refractivity contribution in [2.45, 2.75) is 72.6 Å². The number of allylic oxidation sites excluding steroid dienone is 9. The summed E-state index contributed by atoms with van der Waals surface area (Å²) in [5.41, 5.74) is 6.66. The molecular formula is C23H33F. The third-order valence-electron chi connectivity index (χ3n) is 4.40. The van der Waals surface area contributed by atoms with Crippen LogP contribution >= 0.6 is 0 Å². The molecule has 0 atom stereocenters. The Morgan fingerprint density at radius 1 is 1.12 bits per heavy atom. The van der Waals surface area contributed by atoms with Crippen LogP contribution in [0, 0.1) is 5.92 Å². The first-order valence-corrected chi connectivity index (χ1v) is 9.53. The van der Waals surface area contributed by atoms with Crippen LogP contribution < -0.4 is 0 Å². The number of hydrogen-bond acceptors (Lipinski definition) is 0. The molecule has 0 saturated carbocycles. The minimum Gasteiger partial charge on any atom is -0.198 e. The summed E-state index contributed by atoms with van der Waals surface area (Å²) in [4.78, 5) is 0. The zero-order valence-corrected chi connectivity index (χ0v) is 15.9. The molecule has 132 valence electrons. The third kappa shape index (κ3) is 7.32. The summed E-state index contributed by atoms with van der Waals surface area (Å²) >= 11 is 0. The number of hydrogen-bond donors (Lipinski definition) is 0. The van der Waals surface area contributed by atoms with Gasteiger partial charge in [0.1, 0.15) is 0 Å². The Morgan fingerprint density at radius 2 is 1.83 bits per heavy atom. The van der Waals surface area contributed by atoms with E-state index in [2.05, 4.69) is 45.6 Å².